The molecule has 0 atom stereocenters. The van der Waals surface area contributed by atoms with Gasteiger partial charge in [-0.3, -0.25) is 0 Å². The third-order valence-corrected chi connectivity index (χ3v) is 5.06. The van der Waals surface area contributed by atoms with Gasteiger partial charge >= 0.3 is 6.03 Å². The zero-order valence-corrected chi connectivity index (χ0v) is 16.7. The van der Waals surface area contributed by atoms with Gasteiger partial charge in [0, 0.05) is 44.5 Å². The van der Waals surface area contributed by atoms with E-state index in [0.29, 0.717) is 19.6 Å². The van der Waals surface area contributed by atoms with Gasteiger partial charge in [0.15, 0.2) is 11.5 Å². The van der Waals surface area contributed by atoms with Crippen LogP contribution < -0.4 is 19.7 Å². The predicted octanol–water partition coefficient (Wildman–Crippen LogP) is 3.17. The summed E-state index contributed by atoms with van der Waals surface area (Å²) in [5, 5.41) is 3.04. The Morgan fingerprint density at radius 1 is 0.964 bits per heavy atom. The highest BCUT2D eigenvalue weighted by Gasteiger charge is 2.21. The monoisotopic (exact) mass is 383 g/mol. The highest BCUT2D eigenvalue weighted by Crippen LogP contribution is 2.31. The Kier molecular flexibility index (Phi) is 7.00. The van der Waals surface area contributed by atoms with E-state index in [1.165, 1.54) is 5.56 Å². The summed E-state index contributed by atoms with van der Waals surface area (Å²) in [5.41, 5.74) is 2.39. The quantitative estimate of drug-likeness (QED) is 0.746. The number of benzene rings is 2. The van der Waals surface area contributed by atoms with Crippen LogP contribution in [0.1, 0.15) is 12.0 Å². The molecule has 1 fully saturated rings. The lowest BCUT2D eigenvalue weighted by atomic mass is 10.1. The first kappa shape index (κ1) is 19.9. The van der Waals surface area contributed by atoms with Gasteiger partial charge in [0.05, 0.1) is 14.2 Å². The minimum absolute atomic E-state index is 0.0278. The molecule has 28 heavy (non-hydrogen) atoms. The molecule has 2 aromatic rings. The number of hydrogen-bond donors (Lipinski definition) is 1. The fourth-order valence-corrected chi connectivity index (χ4v) is 3.43. The molecule has 2 aromatic carbocycles. The van der Waals surface area contributed by atoms with Gasteiger partial charge in [-0.05, 0) is 30.5 Å². The van der Waals surface area contributed by atoms with E-state index in [1.807, 2.05) is 41.3 Å². The van der Waals surface area contributed by atoms with Crippen LogP contribution in [0.4, 0.5) is 10.5 Å². The number of nitrogens with one attached hydrogen (secondary N) is 1. The van der Waals surface area contributed by atoms with Gasteiger partial charge in [0.2, 0.25) is 0 Å². The second-order valence-electron chi connectivity index (χ2n) is 6.83. The van der Waals surface area contributed by atoms with Crippen LogP contribution in [-0.2, 0) is 6.42 Å². The third kappa shape index (κ3) is 5.09. The lowest BCUT2D eigenvalue weighted by Crippen LogP contribution is -2.52. The molecule has 0 bridgehead atoms. The van der Waals surface area contributed by atoms with Gasteiger partial charge < -0.3 is 24.6 Å². The van der Waals surface area contributed by atoms with Crippen molar-refractivity contribution < 1.29 is 14.3 Å². The number of amides is 2. The van der Waals surface area contributed by atoms with Crippen molar-refractivity contribution in [1.82, 2.24) is 10.2 Å². The summed E-state index contributed by atoms with van der Waals surface area (Å²) in [6.45, 7) is 3.71. The molecule has 0 radical (unpaired) electrons. The lowest BCUT2D eigenvalue weighted by Gasteiger charge is -2.36. The fourth-order valence-electron chi connectivity index (χ4n) is 3.43. The number of carbonyl (C=O) groups is 1. The first-order chi connectivity index (χ1) is 13.7. The van der Waals surface area contributed by atoms with Crippen molar-refractivity contribution in [1.29, 1.82) is 0 Å². The topological polar surface area (TPSA) is 54.0 Å². The molecular weight excluding hydrogens is 354 g/mol. The van der Waals surface area contributed by atoms with Gasteiger partial charge in [-0.2, -0.15) is 0 Å². The SMILES string of the molecule is COc1ccc(N2CCN(C(=O)NCCCc3ccccc3)CC2)cc1OC. The normalized spacial score (nSPS) is 13.9. The number of anilines is 1. The molecule has 0 aromatic heterocycles. The summed E-state index contributed by atoms with van der Waals surface area (Å²) < 4.78 is 10.7. The van der Waals surface area contributed by atoms with Crippen molar-refractivity contribution in [3.8, 4) is 11.5 Å². The van der Waals surface area contributed by atoms with Crippen LogP contribution in [-0.4, -0.2) is 57.9 Å². The number of carbonyl (C=O) groups excluding carboxylic acids is 1. The molecule has 6 heteroatoms. The summed E-state index contributed by atoms with van der Waals surface area (Å²) in [7, 11) is 3.27. The molecule has 0 aliphatic carbocycles. The molecule has 0 unspecified atom stereocenters. The Morgan fingerprint density at radius 2 is 1.68 bits per heavy atom. The second kappa shape index (κ2) is 9.88. The van der Waals surface area contributed by atoms with E-state index in [4.69, 9.17) is 9.47 Å². The van der Waals surface area contributed by atoms with Crippen molar-refractivity contribution >= 4 is 11.7 Å². The number of urea groups is 1. The molecule has 1 aliphatic rings. The summed E-state index contributed by atoms with van der Waals surface area (Å²) in [4.78, 5) is 16.6. The maximum absolute atomic E-state index is 12.4. The van der Waals surface area contributed by atoms with Crippen LogP contribution in [0.3, 0.4) is 0 Å². The van der Waals surface area contributed by atoms with Crippen LogP contribution in [0.2, 0.25) is 0 Å². The van der Waals surface area contributed by atoms with Crippen molar-refractivity contribution in [3.05, 3.63) is 54.1 Å². The number of nitrogens with zero attached hydrogens (tertiary/aromatic N) is 2. The largest absolute Gasteiger partial charge is 0.493 e. The number of piperazine rings is 1. The molecule has 3 rings (SSSR count). The van der Waals surface area contributed by atoms with Gasteiger partial charge in [0.25, 0.3) is 0 Å². The van der Waals surface area contributed by atoms with Gasteiger partial charge in [-0.15, -0.1) is 0 Å². The molecule has 1 aliphatic heterocycles. The van der Waals surface area contributed by atoms with Crippen LogP contribution in [0.5, 0.6) is 11.5 Å². The Labute approximate surface area is 167 Å². The zero-order chi connectivity index (χ0) is 19.8. The van der Waals surface area contributed by atoms with Gasteiger partial charge in [-0.1, -0.05) is 30.3 Å². The van der Waals surface area contributed by atoms with Crippen LogP contribution in [0.25, 0.3) is 0 Å². The minimum Gasteiger partial charge on any atom is -0.493 e. The smallest absolute Gasteiger partial charge is 0.317 e. The average Bonchev–Trinajstić information content (AvgIpc) is 2.77. The van der Waals surface area contributed by atoms with Crippen molar-refractivity contribution in [2.45, 2.75) is 12.8 Å². The molecule has 0 saturated carbocycles. The van der Waals surface area contributed by atoms with E-state index in [0.717, 1.165) is 43.1 Å². The van der Waals surface area contributed by atoms with Gasteiger partial charge in [0.1, 0.15) is 0 Å². The number of ether oxygens (including phenoxy) is 2. The third-order valence-electron chi connectivity index (χ3n) is 5.06. The molecule has 150 valence electrons. The highest BCUT2D eigenvalue weighted by atomic mass is 16.5. The average molecular weight is 383 g/mol. The van der Waals surface area contributed by atoms with E-state index in [2.05, 4.69) is 22.3 Å². The van der Waals surface area contributed by atoms with E-state index >= 15 is 0 Å². The first-order valence-corrected chi connectivity index (χ1v) is 9.75. The summed E-state index contributed by atoms with van der Waals surface area (Å²) in [6, 6.07) is 16.3. The zero-order valence-electron chi connectivity index (χ0n) is 16.7. The van der Waals surface area contributed by atoms with Crippen LogP contribution in [0.15, 0.2) is 48.5 Å². The van der Waals surface area contributed by atoms with E-state index < -0.39 is 0 Å². The maximum atomic E-state index is 12.4. The van der Waals surface area contributed by atoms with Crippen molar-refractivity contribution in [3.63, 3.8) is 0 Å². The highest BCUT2D eigenvalue weighted by molar-refractivity contribution is 5.74. The second-order valence-corrected chi connectivity index (χ2v) is 6.83. The predicted molar refractivity (Wildman–Crippen MR) is 111 cm³/mol. The van der Waals surface area contributed by atoms with Crippen molar-refractivity contribution in [2.24, 2.45) is 0 Å². The number of aryl methyl sites for hydroxylation is 1. The molecule has 0 spiro atoms. The standard InChI is InChI=1S/C22H29N3O3/c1-27-20-11-10-19(17-21(20)28-2)24-13-15-25(16-14-24)22(26)23-12-6-9-18-7-4-3-5-8-18/h3-5,7-8,10-11,17H,6,9,12-16H2,1-2H3,(H,23,26). The minimum atomic E-state index is 0.0278. The Morgan fingerprint density at radius 3 is 2.36 bits per heavy atom. The summed E-state index contributed by atoms with van der Waals surface area (Å²) in [5.74, 6) is 1.44. The first-order valence-electron chi connectivity index (χ1n) is 9.75. The molecule has 1 heterocycles. The Hall–Kier alpha value is -2.89. The maximum Gasteiger partial charge on any atom is 0.317 e. The number of rotatable bonds is 7. The molecule has 1 N–H and O–H groups in total. The molecular formula is C22H29N3O3. The van der Waals surface area contributed by atoms with E-state index in [-0.39, 0.29) is 6.03 Å². The lowest BCUT2D eigenvalue weighted by molar-refractivity contribution is 0.194. The molecule has 6 nitrogen and oxygen atoms in total. The van der Waals surface area contributed by atoms with Gasteiger partial charge in [-0.25, -0.2) is 4.79 Å². The fraction of sp³-hybridized carbons (Fsp3) is 0.409. The summed E-state index contributed by atoms with van der Waals surface area (Å²) >= 11 is 0. The van der Waals surface area contributed by atoms with E-state index in [1.54, 1.807) is 14.2 Å². The summed E-state index contributed by atoms with van der Waals surface area (Å²) in [6.07, 6.45) is 1.93. The van der Waals surface area contributed by atoms with Crippen LogP contribution >= 0.6 is 0 Å². The van der Waals surface area contributed by atoms with Crippen LogP contribution in [0, 0.1) is 0 Å². The molecule has 1 saturated heterocycles. The van der Waals surface area contributed by atoms with E-state index in [9.17, 15) is 4.79 Å². The van der Waals surface area contributed by atoms with Crippen molar-refractivity contribution in [2.75, 3.05) is 51.8 Å². The number of hydrogen-bond acceptors (Lipinski definition) is 4. The Balaban J connectivity index is 1.42. The molecule has 2 amide bonds. The number of methoxy groups -OCH3 is 2. The Bertz CT molecular complexity index is 759.